The molecule has 78 valence electrons. The zero-order valence-corrected chi connectivity index (χ0v) is 9.31. The number of carbonyl (C=O) groups is 1. The number of unbranched alkanes of at least 4 members (excludes halogenated alkanes) is 3. The largest absolute Gasteiger partial charge is 0.466 e. The number of ether oxygens (including phenoxy) is 1. The molecule has 0 saturated carbocycles. The van der Waals surface area contributed by atoms with Crippen LogP contribution in [0.25, 0.3) is 0 Å². The summed E-state index contributed by atoms with van der Waals surface area (Å²) in [5.41, 5.74) is 0. The van der Waals surface area contributed by atoms with Crippen molar-refractivity contribution in [2.75, 3.05) is 12.4 Å². The van der Waals surface area contributed by atoms with Crippen LogP contribution in [0.4, 0.5) is 0 Å². The van der Waals surface area contributed by atoms with Crippen molar-refractivity contribution in [1.82, 2.24) is 0 Å². The fourth-order valence-corrected chi connectivity index (χ4v) is 1.25. The van der Waals surface area contributed by atoms with Crippen molar-refractivity contribution in [3.05, 3.63) is 0 Å². The lowest BCUT2D eigenvalue weighted by molar-refractivity contribution is -0.143. The van der Waals surface area contributed by atoms with Crippen molar-refractivity contribution < 1.29 is 9.53 Å². The van der Waals surface area contributed by atoms with Gasteiger partial charge in [-0.05, 0) is 25.0 Å². The lowest BCUT2D eigenvalue weighted by atomic mass is 10.2. The summed E-state index contributed by atoms with van der Waals surface area (Å²) in [6, 6.07) is 0. The molecule has 0 aliphatic carbocycles. The first kappa shape index (κ1) is 12.8. The minimum atomic E-state index is -0.0586. The third-order valence-corrected chi connectivity index (χ3v) is 2.09. The Morgan fingerprint density at radius 2 is 1.92 bits per heavy atom. The van der Waals surface area contributed by atoms with E-state index in [2.05, 4.69) is 12.6 Å². The van der Waals surface area contributed by atoms with Crippen LogP contribution in [0, 0.1) is 0 Å². The highest BCUT2D eigenvalue weighted by Gasteiger charge is 1.99. The quantitative estimate of drug-likeness (QED) is 0.374. The molecule has 0 rings (SSSR count). The molecule has 0 unspecified atom stereocenters. The third kappa shape index (κ3) is 9.74. The van der Waals surface area contributed by atoms with Gasteiger partial charge < -0.3 is 4.74 Å². The fourth-order valence-electron chi connectivity index (χ4n) is 1.03. The van der Waals surface area contributed by atoms with E-state index in [0.29, 0.717) is 13.0 Å². The van der Waals surface area contributed by atoms with Crippen molar-refractivity contribution in [2.45, 2.75) is 45.4 Å². The van der Waals surface area contributed by atoms with E-state index in [9.17, 15) is 4.79 Å². The second-order valence-electron chi connectivity index (χ2n) is 3.11. The van der Waals surface area contributed by atoms with Crippen molar-refractivity contribution in [3.63, 3.8) is 0 Å². The van der Waals surface area contributed by atoms with E-state index in [4.69, 9.17) is 4.74 Å². The third-order valence-electron chi connectivity index (χ3n) is 1.77. The molecule has 0 bridgehead atoms. The number of carbonyl (C=O) groups excluding carboxylic acids is 1. The van der Waals surface area contributed by atoms with E-state index >= 15 is 0 Å². The second kappa shape index (κ2) is 9.90. The molecular weight excluding hydrogens is 184 g/mol. The topological polar surface area (TPSA) is 26.3 Å². The summed E-state index contributed by atoms with van der Waals surface area (Å²) in [6.07, 6.45) is 5.90. The molecule has 0 radical (unpaired) electrons. The monoisotopic (exact) mass is 204 g/mol. The van der Waals surface area contributed by atoms with E-state index in [0.717, 1.165) is 31.4 Å². The Hall–Kier alpha value is -0.180. The first-order valence-corrected chi connectivity index (χ1v) is 5.71. The van der Waals surface area contributed by atoms with Crippen LogP contribution >= 0.6 is 12.6 Å². The summed E-state index contributed by atoms with van der Waals surface area (Å²) in [4.78, 5) is 10.9. The van der Waals surface area contributed by atoms with Gasteiger partial charge in [0.15, 0.2) is 0 Å². The van der Waals surface area contributed by atoms with Crippen LogP contribution in [0.5, 0.6) is 0 Å². The summed E-state index contributed by atoms with van der Waals surface area (Å²) < 4.78 is 5.00. The van der Waals surface area contributed by atoms with Gasteiger partial charge in [-0.1, -0.05) is 19.8 Å². The van der Waals surface area contributed by atoms with Gasteiger partial charge in [0.25, 0.3) is 0 Å². The molecule has 0 heterocycles. The van der Waals surface area contributed by atoms with E-state index < -0.39 is 0 Å². The zero-order chi connectivity index (χ0) is 9.94. The van der Waals surface area contributed by atoms with Gasteiger partial charge in [-0.3, -0.25) is 4.79 Å². The average molecular weight is 204 g/mol. The minimum Gasteiger partial charge on any atom is -0.466 e. The number of hydrogen-bond acceptors (Lipinski definition) is 3. The van der Waals surface area contributed by atoms with Gasteiger partial charge in [0.05, 0.1) is 6.61 Å². The standard InChI is InChI=1S/C10H20O2S/c1-2-7-10(11)12-8-5-3-4-6-9-13/h13H,2-9H2,1H3. The molecule has 13 heavy (non-hydrogen) atoms. The Kier molecular flexibility index (Phi) is 9.77. The lowest BCUT2D eigenvalue weighted by Gasteiger charge is -2.02. The van der Waals surface area contributed by atoms with Crippen LogP contribution in [0.2, 0.25) is 0 Å². The molecule has 0 aromatic carbocycles. The van der Waals surface area contributed by atoms with Crippen LogP contribution in [0.1, 0.15) is 45.4 Å². The van der Waals surface area contributed by atoms with Crippen LogP contribution in [0.15, 0.2) is 0 Å². The van der Waals surface area contributed by atoms with Crippen LogP contribution in [0.3, 0.4) is 0 Å². The maximum atomic E-state index is 10.9. The SMILES string of the molecule is CCCC(=O)OCCCCCCS. The second-order valence-corrected chi connectivity index (χ2v) is 3.56. The predicted molar refractivity (Wildman–Crippen MR) is 58.2 cm³/mol. The molecule has 0 fully saturated rings. The van der Waals surface area contributed by atoms with Crippen LogP contribution in [-0.2, 0) is 9.53 Å². The van der Waals surface area contributed by atoms with Gasteiger partial charge in [-0.25, -0.2) is 0 Å². The molecule has 0 aromatic heterocycles. The molecule has 3 heteroatoms. The maximum Gasteiger partial charge on any atom is 0.305 e. The van der Waals surface area contributed by atoms with Crippen molar-refractivity contribution in [3.8, 4) is 0 Å². The van der Waals surface area contributed by atoms with Crippen LogP contribution < -0.4 is 0 Å². The number of rotatable bonds is 8. The van der Waals surface area contributed by atoms with E-state index in [1.54, 1.807) is 0 Å². The Balaban J connectivity index is 3.02. The Labute approximate surface area is 86.5 Å². The molecule has 0 N–H and O–H groups in total. The summed E-state index contributed by atoms with van der Waals surface area (Å²) in [6.45, 7) is 2.57. The Morgan fingerprint density at radius 3 is 2.54 bits per heavy atom. The summed E-state index contributed by atoms with van der Waals surface area (Å²) in [5, 5.41) is 0. The highest BCUT2D eigenvalue weighted by molar-refractivity contribution is 7.80. The zero-order valence-electron chi connectivity index (χ0n) is 8.42. The van der Waals surface area contributed by atoms with Gasteiger partial charge in [0, 0.05) is 6.42 Å². The molecule has 0 amide bonds. The van der Waals surface area contributed by atoms with Crippen molar-refractivity contribution in [1.29, 1.82) is 0 Å². The first-order chi connectivity index (χ1) is 6.31. The van der Waals surface area contributed by atoms with E-state index in [1.165, 1.54) is 6.42 Å². The number of thiol groups is 1. The maximum absolute atomic E-state index is 10.9. The molecule has 0 aliphatic heterocycles. The normalized spacial score (nSPS) is 10.0. The van der Waals surface area contributed by atoms with Gasteiger partial charge in [-0.15, -0.1) is 0 Å². The van der Waals surface area contributed by atoms with Crippen molar-refractivity contribution in [2.24, 2.45) is 0 Å². The smallest absolute Gasteiger partial charge is 0.305 e. The number of esters is 1. The molecule has 2 nitrogen and oxygen atoms in total. The molecule has 0 aromatic rings. The van der Waals surface area contributed by atoms with Gasteiger partial charge in [-0.2, -0.15) is 12.6 Å². The van der Waals surface area contributed by atoms with Gasteiger partial charge in [0.1, 0.15) is 0 Å². The summed E-state index contributed by atoms with van der Waals surface area (Å²) >= 11 is 4.12. The highest BCUT2D eigenvalue weighted by atomic mass is 32.1. The summed E-state index contributed by atoms with van der Waals surface area (Å²) in [7, 11) is 0. The predicted octanol–water partition coefficient (Wildman–Crippen LogP) is 2.82. The van der Waals surface area contributed by atoms with Gasteiger partial charge >= 0.3 is 5.97 Å². The lowest BCUT2D eigenvalue weighted by Crippen LogP contribution is -2.04. The van der Waals surface area contributed by atoms with E-state index in [1.807, 2.05) is 6.92 Å². The van der Waals surface area contributed by atoms with Crippen LogP contribution in [-0.4, -0.2) is 18.3 Å². The number of hydrogen-bond donors (Lipinski definition) is 1. The fraction of sp³-hybridized carbons (Fsp3) is 0.900. The molecule has 0 saturated heterocycles. The minimum absolute atomic E-state index is 0.0586. The Bertz CT molecular complexity index is 126. The molecule has 0 atom stereocenters. The van der Waals surface area contributed by atoms with E-state index in [-0.39, 0.29) is 5.97 Å². The van der Waals surface area contributed by atoms with Crippen molar-refractivity contribution >= 4 is 18.6 Å². The Morgan fingerprint density at radius 1 is 1.23 bits per heavy atom. The first-order valence-electron chi connectivity index (χ1n) is 5.07. The molecule has 0 aliphatic rings. The molecule has 0 spiro atoms. The van der Waals surface area contributed by atoms with Gasteiger partial charge in [0.2, 0.25) is 0 Å². The average Bonchev–Trinajstić information content (AvgIpc) is 2.11. The highest BCUT2D eigenvalue weighted by Crippen LogP contribution is 2.01. The summed E-state index contributed by atoms with van der Waals surface area (Å²) in [5.74, 6) is 0.895. The molecular formula is C10H20O2S.